The van der Waals surface area contributed by atoms with Gasteiger partial charge < -0.3 is 24.6 Å². The number of halogens is 1. The van der Waals surface area contributed by atoms with Crippen molar-refractivity contribution < 1.29 is 19.1 Å². The van der Waals surface area contributed by atoms with Crippen LogP contribution >= 0.6 is 28.1 Å². The third kappa shape index (κ3) is 6.58. The molecule has 1 fully saturated rings. The summed E-state index contributed by atoms with van der Waals surface area (Å²) in [6, 6.07) is 20.2. The van der Waals surface area contributed by atoms with Crippen LogP contribution < -0.4 is 25.0 Å². The summed E-state index contributed by atoms with van der Waals surface area (Å²) in [6.45, 7) is 2.75. The van der Waals surface area contributed by atoms with Gasteiger partial charge in [0.2, 0.25) is 0 Å². The highest BCUT2D eigenvalue weighted by atomic mass is 79.9. The van der Waals surface area contributed by atoms with Gasteiger partial charge in [-0.3, -0.25) is 14.9 Å². The van der Waals surface area contributed by atoms with Gasteiger partial charge in [0.15, 0.2) is 5.11 Å². The molecule has 0 radical (unpaired) electrons. The standard InChI is InChI=1S/C27H27BrN4O4S/c1-35-22-10-3-18(4-11-22)26(34)32-15-13-31(14-16-32)21-8-6-20(7-9-21)29-27(37)30-25(33)23-17-19(28)5-12-24(23)36-2/h3-12,17H,13-16H2,1-2H3,(H2,29,30,33,37). The van der Waals surface area contributed by atoms with E-state index in [1.54, 1.807) is 49.6 Å². The van der Waals surface area contributed by atoms with Gasteiger partial charge in [0.25, 0.3) is 11.8 Å². The maximum absolute atomic E-state index is 12.8. The number of nitrogens with zero attached hydrogens (tertiary/aromatic N) is 2. The van der Waals surface area contributed by atoms with Crippen LogP contribution in [0, 0.1) is 0 Å². The van der Waals surface area contributed by atoms with Crippen LogP contribution in [-0.4, -0.2) is 62.2 Å². The lowest BCUT2D eigenvalue weighted by molar-refractivity contribution is 0.0746. The first-order chi connectivity index (χ1) is 17.9. The van der Waals surface area contributed by atoms with E-state index in [0.717, 1.165) is 34.7 Å². The number of anilines is 2. The second kappa shape index (κ2) is 12.1. The number of nitrogens with one attached hydrogen (secondary N) is 2. The zero-order valence-electron chi connectivity index (χ0n) is 20.5. The number of hydrogen-bond donors (Lipinski definition) is 2. The molecule has 8 nitrogen and oxygen atoms in total. The molecular weight excluding hydrogens is 556 g/mol. The summed E-state index contributed by atoms with van der Waals surface area (Å²) in [4.78, 5) is 29.6. The van der Waals surface area contributed by atoms with Crippen LogP contribution in [0.4, 0.5) is 11.4 Å². The van der Waals surface area contributed by atoms with Gasteiger partial charge in [-0.1, -0.05) is 15.9 Å². The highest BCUT2D eigenvalue weighted by Crippen LogP contribution is 2.23. The van der Waals surface area contributed by atoms with E-state index >= 15 is 0 Å². The van der Waals surface area contributed by atoms with Gasteiger partial charge in [-0.25, -0.2) is 0 Å². The molecule has 3 aromatic carbocycles. The van der Waals surface area contributed by atoms with Crippen molar-refractivity contribution in [2.75, 3.05) is 50.6 Å². The molecule has 4 rings (SSSR count). The summed E-state index contributed by atoms with van der Waals surface area (Å²) in [5.74, 6) is 0.845. The highest BCUT2D eigenvalue weighted by Gasteiger charge is 2.22. The van der Waals surface area contributed by atoms with E-state index < -0.39 is 0 Å². The number of carbonyl (C=O) groups is 2. The lowest BCUT2D eigenvalue weighted by Crippen LogP contribution is -2.48. The molecule has 10 heteroatoms. The van der Waals surface area contributed by atoms with E-state index in [4.69, 9.17) is 21.7 Å². The number of amides is 2. The van der Waals surface area contributed by atoms with Crippen LogP contribution in [0.15, 0.2) is 71.2 Å². The van der Waals surface area contributed by atoms with E-state index in [2.05, 4.69) is 31.5 Å². The van der Waals surface area contributed by atoms with Crippen LogP contribution in [0.2, 0.25) is 0 Å². The van der Waals surface area contributed by atoms with Crippen molar-refractivity contribution >= 4 is 56.4 Å². The summed E-state index contributed by atoms with van der Waals surface area (Å²) >= 11 is 8.69. The van der Waals surface area contributed by atoms with Crippen molar-refractivity contribution in [3.8, 4) is 11.5 Å². The molecular formula is C27H27BrN4O4S. The van der Waals surface area contributed by atoms with Crippen molar-refractivity contribution in [1.82, 2.24) is 10.2 Å². The molecule has 0 saturated carbocycles. The molecule has 0 spiro atoms. The molecule has 0 atom stereocenters. The first kappa shape index (κ1) is 26.4. The van der Waals surface area contributed by atoms with Gasteiger partial charge in [-0.05, 0) is 78.9 Å². The van der Waals surface area contributed by atoms with Crippen molar-refractivity contribution in [2.45, 2.75) is 0 Å². The monoisotopic (exact) mass is 582 g/mol. The third-order valence-corrected chi connectivity index (χ3v) is 6.72. The summed E-state index contributed by atoms with van der Waals surface area (Å²) < 4.78 is 11.2. The Labute approximate surface area is 229 Å². The molecule has 192 valence electrons. The maximum Gasteiger partial charge on any atom is 0.261 e. The number of rotatable bonds is 6. The van der Waals surface area contributed by atoms with Crippen molar-refractivity contribution in [2.24, 2.45) is 0 Å². The molecule has 1 aliphatic rings. The second-order valence-corrected chi connectivity index (χ2v) is 9.63. The minimum absolute atomic E-state index is 0.0258. The highest BCUT2D eigenvalue weighted by molar-refractivity contribution is 9.10. The van der Waals surface area contributed by atoms with Crippen LogP contribution in [-0.2, 0) is 0 Å². The molecule has 0 aromatic heterocycles. The Morgan fingerprint density at radius 1 is 0.892 bits per heavy atom. The molecule has 2 amide bonds. The molecule has 37 heavy (non-hydrogen) atoms. The van der Waals surface area contributed by atoms with Gasteiger partial charge in [0.05, 0.1) is 19.8 Å². The second-order valence-electron chi connectivity index (χ2n) is 8.31. The number of benzene rings is 3. The molecule has 1 aliphatic heterocycles. The fourth-order valence-electron chi connectivity index (χ4n) is 4.03. The summed E-state index contributed by atoms with van der Waals surface area (Å²) in [5, 5.41) is 5.91. The average molecular weight is 584 g/mol. The Balaban J connectivity index is 1.29. The maximum atomic E-state index is 12.8. The number of thiocarbonyl (C=S) groups is 1. The SMILES string of the molecule is COc1ccc(C(=O)N2CCN(c3ccc(NC(=S)NC(=O)c4cc(Br)ccc4OC)cc3)CC2)cc1. The minimum atomic E-state index is -0.366. The summed E-state index contributed by atoms with van der Waals surface area (Å²) in [5.41, 5.74) is 2.84. The lowest BCUT2D eigenvalue weighted by atomic mass is 10.1. The van der Waals surface area contributed by atoms with E-state index in [9.17, 15) is 9.59 Å². The lowest BCUT2D eigenvalue weighted by Gasteiger charge is -2.36. The van der Waals surface area contributed by atoms with Crippen molar-refractivity contribution in [3.63, 3.8) is 0 Å². The number of hydrogen-bond acceptors (Lipinski definition) is 6. The van der Waals surface area contributed by atoms with Gasteiger partial charge in [0, 0.05) is 47.6 Å². The minimum Gasteiger partial charge on any atom is -0.497 e. The quantitative estimate of drug-likeness (QED) is 0.412. The van der Waals surface area contributed by atoms with Crippen LogP contribution in [0.25, 0.3) is 0 Å². The van der Waals surface area contributed by atoms with E-state index in [0.29, 0.717) is 30.0 Å². The number of piperazine rings is 1. The Bertz CT molecular complexity index is 1280. The molecule has 0 aliphatic carbocycles. The third-order valence-electron chi connectivity index (χ3n) is 6.03. The van der Waals surface area contributed by atoms with E-state index in [1.807, 2.05) is 29.2 Å². The zero-order valence-corrected chi connectivity index (χ0v) is 22.9. The van der Waals surface area contributed by atoms with Gasteiger partial charge in [-0.2, -0.15) is 0 Å². The van der Waals surface area contributed by atoms with E-state index in [-0.39, 0.29) is 16.9 Å². The van der Waals surface area contributed by atoms with Crippen LogP contribution in [0.3, 0.4) is 0 Å². The predicted octanol–water partition coefficient (Wildman–Crippen LogP) is 4.56. The van der Waals surface area contributed by atoms with Gasteiger partial charge >= 0.3 is 0 Å². The zero-order chi connectivity index (χ0) is 26.4. The summed E-state index contributed by atoms with van der Waals surface area (Å²) in [7, 11) is 3.12. The van der Waals surface area contributed by atoms with Gasteiger partial charge in [0.1, 0.15) is 11.5 Å². The van der Waals surface area contributed by atoms with E-state index in [1.165, 1.54) is 7.11 Å². The first-order valence-electron chi connectivity index (χ1n) is 11.6. The predicted molar refractivity (Wildman–Crippen MR) is 152 cm³/mol. The fraction of sp³-hybridized carbons (Fsp3) is 0.222. The Morgan fingerprint density at radius 2 is 1.57 bits per heavy atom. The molecule has 1 heterocycles. The molecule has 0 unspecified atom stereocenters. The Kier molecular flexibility index (Phi) is 8.62. The molecule has 2 N–H and O–H groups in total. The molecule has 1 saturated heterocycles. The van der Waals surface area contributed by atoms with Crippen molar-refractivity contribution in [3.05, 3.63) is 82.3 Å². The summed E-state index contributed by atoms with van der Waals surface area (Å²) in [6.07, 6.45) is 0. The topological polar surface area (TPSA) is 83.1 Å². The largest absolute Gasteiger partial charge is 0.497 e. The smallest absolute Gasteiger partial charge is 0.261 e. The van der Waals surface area contributed by atoms with Gasteiger partial charge in [-0.15, -0.1) is 0 Å². The number of methoxy groups -OCH3 is 2. The molecule has 0 bridgehead atoms. The van der Waals surface area contributed by atoms with Crippen molar-refractivity contribution in [1.29, 1.82) is 0 Å². The average Bonchev–Trinajstić information content (AvgIpc) is 2.93. The first-order valence-corrected chi connectivity index (χ1v) is 12.8. The fourth-order valence-corrected chi connectivity index (χ4v) is 4.60. The number of carbonyl (C=O) groups excluding carboxylic acids is 2. The Morgan fingerprint density at radius 3 is 2.19 bits per heavy atom. The normalized spacial score (nSPS) is 13.1. The van der Waals surface area contributed by atoms with Crippen LogP contribution in [0.1, 0.15) is 20.7 Å². The molecule has 3 aromatic rings. The van der Waals surface area contributed by atoms with Crippen LogP contribution in [0.5, 0.6) is 11.5 Å². The number of ether oxygens (including phenoxy) is 2. The Hall–Kier alpha value is -3.63.